The van der Waals surface area contributed by atoms with Crippen molar-refractivity contribution in [2.45, 2.75) is 45.7 Å². The van der Waals surface area contributed by atoms with Gasteiger partial charge >= 0.3 is 0 Å². The molecule has 1 unspecified atom stereocenters. The lowest BCUT2D eigenvalue weighted by Crippen LogP contribution is -2.40. The van der Waals surface area contributed by atoms with Gasteiger partial charge in [-0.15, -0.1) is 11.8 Å². The van der Waals surface area contributed by atoms with Crippen LogP contribution in [0, 0.1) is 19.3 Å². The van der Waals surface area contributed by atoms with Crippen LogP contribution in [0.3, 0.4) is 0 Å². The molecule has 1 rings (SSSR count). The van der Waals surface area contributed by atoms with Crippen molar-refractivity contribution in [3.8, 4) is 0 Å². The zero-order valence-electron chi connectivity index (χ0n) is 11.8. The highest BCUT2D eigenvalue weighted by Gasteiger charge is 2.22. The van der Waals surface area contributed by atoms with Crippen LogP contribution in [0.4, 0.5) is 0 Å². The second-order valence-electron chi connectivity index (χ2n) is 5.64. The van der Waals surface area contributed by atoms with E-state index in [1.807, 2.05) is 18.8 Å². The standard InChI is InChI=1S/C14H24N2S/c1-10-7-11(2)16-13(8-10)17-9-12(15-6)14(3,4)5/h7-8,12,15H,9H2,1-6H3. The normalized spacial score (nSPS) is 13.8. The van der Waals surface area contributed by atoms with E-state index in [0.29, 0.717) is 6.04 Å². The van der Waals surface area contributed by atoms with Crippen molar-refractivity contribution in [3.05, 3.63) is 23.4 Å². The molecule has 1 N–H and O–H groups in total. The minimum absolute atomic E-state index is 0.278. The number of thioether (sulfide) groups is 1. The molecule has 1 heterocycles. The highest BCUT2D eigenvalue weighted by atomic mass is 32.2. The molecule has 0 fully saturated rings. The van der Waals surface area contributed by atoms with Gasteiger partial charge in [0.2, 0.25) is 0 Å². The Hall–Kier alpha value is -0.540. The van der Waals surface area contributed by atoms with E-state index < -0.39 is 0 Å². The zero-order chi connectivity index (χ0) is 13.1. The minimum atomic E-state index is 0.278. The number of hydrogen-bond donors (Lipinski definition) is 1. The van der Waals surface area contributed by atoms with Crippen molar-refractivity contribution >= 4 is 11.8 Å². The lowest BCUT2D eigenvalue weighted by atomic mass is 9.88. The van der Waals surface area contributed by atoms with E-state index in [-0.39, 0.29) is 5.41 Å². The van der Waals surface area contributed by atoms with Crippen LogP contribution in [0.15, 0.2) is 17.2 Å². The first-order valence-electron chi connectivity index (χ1n) is 6.08. The Morgan fingerprint density at radius 3 is 2.41 bits per heavy atom. The molecule has 0 aliphatic carbocycles. The first-order valence-corrected chi connectivity index (χ1v) is 7.07. The largest absolute Gasteiger partial charge is 0.316 e. The van der Waals surface area contributed by atoms with Gasteiger partial charge < -0.3 is 5.32 Å². The minimum Gasteiger partial charge on any atom is -0.316 e. The van der Waals surface area contributed by atoms with E-state index in [0.717, 1.165) is 16.5 Å². The zero-order valence-corrected chi connectivity index (χ0v) is 12.6. The van der Waals surface area contributed by atoms with Gasteiger partial charge in [-0.1, -0.05) is 20.8 Å². The molecule has 2 nitrogen and oxygen atoms in total. The van der Waals surface area contributed by atoms with Gasteiger partial charge in [0.25, 0.3) is 0 Å². The van der Waals surface area contributed by atoms with Gasteiger partial charge in [-0.2, -0.15) is 0 Å². The SMILES string of the molecule is CNC(CSc1cc(C)cc(C)n1)C(C)(C)C. The van der Waals surface area contributed by atoms with Gasteiger partial charge in [0.15, 0.2) is 0 Å². The maximum Gasteiger partial charge on any atom is 0.0966 e. The number of hydrogen-bond acceptors (Lipinski definition) is 3. The summed E-state index contributed by atoms with van der Waals surface area (Å²) in [5.41, 5.74) is 2.67. The van der Waals surface area contributed by atoms with Crippen molar-refractivity contribution < 1.29 is 0 Å². The molecule has 0 saturated carbocycles. The fourth-order valence-electron chi connectivity index (χ4n) is 1.81. The highest BCUT2D eigenvalue weighted by molar-refractivity contribution is 7.99. The lowest BCUT2D eigenvalue weighted by Gasteiger charge is -2.30. The second-order valence-corrected chi connectivity index (χ2v) is 6.68. The Balaban J connectivity index is 2.66. The van der Waals surface area contributed by atoms with Gasteiger partial charge in [-0.25, -0.2) is 4.98 Å². The lowest BCUT2D eigenvalue weighted by molar-refractivity contribution is 0.305. The monoisotopic (exact) mass is 252 g/mol. The summed E-state index contributed by atoms with van der Waals surface area (Å²) < 4.78 is 0. The molecule has 3 heteroatoms. The molecule has 0 radical (unpaired) electrons. The molecular formula is C14H24N2S. The summed E-state index contributed by atoms with van der Waals surface area (Å²) >= 11 is 1.83. The Morgan fingerprint density at radius 2 is 1.94 bits per heavy atom. The Labute approximate surface area is 110 Å². The fraction of sp³-hybridized carbons (Fsp3) is 0.643. The predicted octanol–water partition coefficient (Wildman–Crippen LogP) is 3.42. The molecule has 1 aromatic rings. The van der Waals surface area contributed by atoms with Crippen LogP contribution in [0.25, 0.3) is 0 Å². The molecule has 0 amide bonds. The van der Waals surface area contributed by atoms with Crippen LogP contribution < -0.4 is 5.32 Å². The predicted molar refractivity (Wildman–Crippen MR) is 76.7 cm³/mol. The molecule has 0 bridgehead atoms. The molecule has 0 spiro atoms. The van der Waals surface area contributed by atoms with E-state index in [4.69, 9.17) is 0 Å². The molecule has 1 atom stereocenters. The van der Waals surface area contributed by atoms with E-state index >= 15 is 0 Å². The fourth-order valence-corrected chi connectivity index (χ4v) is 3.30. The van der Waals surface area contributed by atoms with Crippen LogP contribution in [0.1, 0.15) is 32.0 Å². The quantitative estimate of drug-likeness (QED) is 0.831. The van der Waals surface area contributed by atoms with Crippen molar-refractivity contribution in [2.75, 3.05) is 12.8 Å². The third-order valence-electron chi connectivity index (χ3n) is 2.87. The summed E-state index contributed by atoms with van der Waals surface area (Å²) in [6, 6.07) is 4.77. The van der Waals surface area contributed by atoms with Crippen molar-refractivity contribution in [1.29, 1.82) is 0 Å². The van der Waals surface area contributed by atoms with Gasteiger partial charge in [0.1, 0.15) is 0 Å². The van der Waals surface area contributed by atoms with E-state index in [9.17, 15) is 0 Å². The molecule has 0 saturated heterocycles. The first kappa shape index (κ1) is 14.5. The third kappa shape index (κ3) is 4.68. The number of pyridine rings is 1. The van der Waals surface area contributed by atoms with Crippen molar-refractivity contribution in [2.24, 2.45) is 5.41 Å². The topological polar surface area (TPSA) is 24.9 Å². The summed E-state index contributed by atoms with van der Waals surface area (Å²) in [6.45, 7) is 11.0. The summed E-state index contributed by atoms with van der Waals surface area (Å²) in [4.78, 5) is 4.56. The molecule has 1 aromatic heterocycles. The second kappa shape index (κ2) is 5.87. The van der Waals surface area contributed by atoms with Crippen LogP contribution >= 0.6 is 11.8 Å². The maximum absolute atomic E-state index is 4.56. The highest BCUT2D eigenvalue weighted by Crippen LogP contribution is 2.26. The molecule has 0 aromatic carbocycles. The van der Waals surface area contributed by atoms with E-state index in [1.54, 1.807) is 0 Å². The molecule has 0 aliphatic rings. The molecule has 0 aliphatic heterocycles. The smallest absolute Gasteiger partial charge is 0.0966 e. The van der Waals surface area contributed by atoms with Crippen LogP contribution in [-0.4, -0.2) is 23.8 Å². The number of aromatic nitrogens is 1. The summed E-state index contributed by atoms with van der Waals surface area (Å²) in [7, 11) is 2.03. The Morgan fingerprint density at radius 1 is 1.29 bits per heavy atom. The van der Waals surface area contributed by atoms with Crippen LogP contribution in [-0.2, 0) is 0 Å². The van der Waals surface area contributed by atoms with E-state index in [1.165, 1.54) is 5.56 Å². The molecular weight excluding hydrogens is 228 g/mol. The molecule has 96 valence electrons. The van der Waals surface area contributed by atoms with Crippen molar-refractivity contribution in [1.82, 2.24) is 10.3 Å². The van der Waals surface area contributed by atoms with Crippen molar-refractivity contribution in [3.63, 3.8) is 0 Å². The maximum atomic E-state index is 4.56. The summed E-state index contributed by atoms with van der Waals surface area (Å²) in [5, 5.41) is 4.52. The van der Waals surface area contributed by atoms with Gasteiger partial charge in [0.05, 0.1) is 5.03 Å². The number of aryl methyl sites for hydroxylation is 2. The van der Waals surface area contributed by atoms with Gasteiger partial charge in [0, 0.05) is 17.5 Å². The average Bonchev–Trinajstić information content (AvgIpc) is 2.14. The van der Waals surface area contributed by atoms with Crippen LogP contribution in [0.2, 0.25) is 0 Å². The number of nitrogens with one attached hydrogen (secondary N) is 1. The Bertz CT molecular complexity index is 349. The number of nitrogens with zero attached hydrogens (tertiary/aromatic N) is 1. The third-order valence-corrected chi connectivity index (χ3v) is 3.87. The average molecular weight is 252 g/mol. The Kier molecular flexibility index (Phi) is 5.02. The van der Waals surface area contributed by atoms with E-state index in [2.05, 4.69) is 57.1 Å². The van der Waals surface area contributed by atoms with Gasteiger partial charge in [-0.05, 0) is 44.0 Å². The van der Waals surface area contributed by atoms with Crippen LogP contribution in [0.5, 0.6) is 0 Å². The summed E-state index contributed by atoms with van der Waals surface area (Å²) in [5.74, 6) is 1.05. The first-order chi connectivity index (χ1) is 7.82. The molecule has 17 heavy (non-hydrogen) atoms. The number of rotatable bonds is 4. The summed E-state index contributed by atoms with van der Waals surface area (Å²) in [6.07, 6.45) is 0. The van der Waals surface area contributed by atoms with Gasteiger partial charge in [-0.3, -0.25) is 0 Å².